The SMILES string of the molecule is Cc1cc(F)cc(NC(=O)c2cc(Cl)ccc2[N+](=O)[O-])c1. The predicted molar refractivity (Wildman–Crippen MR) is 77.2 cm³/mol. The summed E-state index contributed by atoms with van der Waals surface area (Å²) in [5, 5.41) is 13.5. The topological polar surface area (TPSA) is 72.2 Å². The van der Waals surface area contributed by atoms with Gasteiger partial charge in [-0.25, -0.2) is 4.39 Å². The van der Waals surface area contributed by atoms with E-state index in [4.69, 9.17) is 11.6 Å². The van der Waals surface area contributed by atoms with E-state index >= 15 is 0 Å². The number of hydrogen-bond donors (Lipinski definition) is 1. The van der Waals surface area contributed by atoms with E-state index in [-0.39, 0.29) is 22.0 Å². The molecule has 2 aromatic carbocycles. The van der Waals surface area contributed by atoms with Gasteiger partial charge in [-0.1, -0.05) is 11.6 Å². The lowest BCUT2D eigenvalue weighted by Crippen LogP contribution is -2.14. The first kappa shape index (κ1) is 14.9. The molecule has 0 aromatic heterocycles. The number of nitro benzene ring substituents is 1. The highest BCUT2D eigenvalue weighted by Gasteiger charge is 2.20. The molecule has 0 aliphatic heterocycles. The van der Waals surface area contributed by atoms with Crippen LogP contribution in [-0.4, -0.2) is 10.8 Å². The Balaban J connectivity index is 2.36. The third-order valence-electron chi connectivity index (χ3n) is 2.70. The number of hydrogen-bond acceptors (Lipinski definition) is 3. The first-order valence-electron chi connectivity index (χ1n) is 5.89. The summed E-state index contributed by atoms with van der Waals surface area (Å²) >= 11 is 5.76. The molecule has 0 atom stereocenters. The van der Waals surface area contributed by atoms with Crippen molar-refractivity contribution in [1.82, 2.24) is 0 Å². The van der Waals surface area contributed by atoms with Gasteiger partial charge < -0.3 is 5.32 Å². The molecule has 0 spiro atoms. The Morgan fingerprint density at radius 3 is 2.62 bits per heavy atom. The zero-order chi connectivity index (χ0) is 15.6. The van der Waals surface area contributed by atoms with Crippen molar-refractivity contribution in [2.75, 3.05) is 5.32 Å². The second kappa shape index (κ2) is 5.88. The summed E-state index contributed by atoms with van der Waals surface area (Å²) < 4.78 is 13.3. The Kier molecular flexibility index (Phi) is 4.18. The normalized spacial score (nSPS) is 10.2. The largest absolute Gasteiger partial charge is 0.322 e. The zero-order valence-electron chi connectivity index (χ0n) is 10.9. The van der Waals surface area contributed by atoms with Crippen LogP contribution in [0.5, 0.6) is 0 Å². The van der Waals surface area contributed by atoms with Gasteiger partial charge in [0.05, 0.1) is 4.92 Å². The van der Waals surface area contributed by atoms with Gasteiger partial charge in [0, 0.05) is 16.8 Å². The van der Waals surface area contributed by atoms with E-state index < -0.39 is 16.6 Å². The van der Waals surface area contributed by atoms with E-state index in [0.29, 0.717) is 5.56 Å². The molecular weight excluding hydrogens is 299 g/mol. The number of nitrogens with one attached hydrogen (secondary N) is 1. The number of benzene rings is 2. The molecule has 0 fully saturated rings. The standard InChI is InChI=1S/C14H10ClFN2O3/c1-8-4-10(16)7-11(5-8)17-14(19)12-6-9(15)2-3-13(12)18(20)21/h2-7H,1H3,(H,17,19). The summed E-state index contributed by atoms with van der Waals surface area (Å²) in [6.45, 7) is 1.67. The monoisotopic (exact) mass is 308 g/mol. The first-order valence-corrected chi connectivity index (χ1v) is 6.27. The van der Waals surface area contributed by atoms with Crippen molar-refractivity contribution in [3.8, 4) is 0 Å². The van der Waals surface area contributed by atoms with Crippen molar-refractivity contribution in [1.29, 1.82) is 0 Å². The zero-order valence-corrected chi connectivity index (χ0v) is 11.6. The maximum absolute atomic E-state index is 13.3. The van der Waals surface area contributed by atoms with E-state index in [0.717, 1.165) is 12.1 Å². The molecule has 0 aliphatic carbocycles. The van der Waals surface area contributed by atoms with E-state index in [1.807, 2.05) is 0 Å². The number of rotatable bonds is 3. The number of amides is 1. The number of nitrogens with zero attached hydrogens (tertiary/aromatic N) is 1. The number of anilines is 1. The molecule has 1 N–H and O–H groups in total. The molecule has 0 unspecified atom stereocenters. The molecule has 2 rings (SSSR count). The van der Waals surface area contributed by atoms with E-state index in [2.05, 4.69) is 5.32 Å². The smallest absolute Gasteiger partial charge is 0.282 e. The summed E-state index contributed by atoms with van der Waals surface area (Å²) in [6, 6.07) is 7.65. The second-order valence-electron chi connectivity index (χ2n) is 4.39. The molecule has 0 heterocycles. The molecule has 0 bridgehead atoms. The van der Waals surface area contributed by atoms with Crippen LogP contribution in [0.2, 0.25) is 5.02 Å². The van der Waals surface area contributed by atoms with Crippen LogP contribution in [0.4, 0.5) is 15.8 Å². The summed E-state index contributed by atoms with van der Waals surface area (Å²) in [5.74, 6) is -1.24. The summed E-state index contributed by atoms with van der Waals surface area (Å²) in [5.41, 5.74) is 0.275. The van der Waals surface area contributed by atoms with Gasteiger partial charge in [-0.05, 0) is 42.8 Å². The third-order valence-corrected chi connectivity index (χ3v) is 2.94. The van der Waals surface area contributed by atoms with Gasteiger partial charge in [0.25, 0.3) is 11.6 Å². The van der Waals surface area contributed by atoms with Crippen molar-refractivity contribution in [3.63, 3.8) is 0 Å². The fraction of sp³-hybridized carbons (Fsp3) is 0.0714. The van der Waals surface area contributed by atoms with Crippen LogP contribution in [-0.2, 0) is 0 Å². The average Bonchev–Trinajstić information content (AvgIpc) is 2.36. The van der Waals surface area contributed by atoms with Crippen LogP contribution < -0.4 is 5.32 Å². The minimum Gasteiger partial charge on any atom is -0.322 e. The number of halogens is 2. The van der Waals surface area contributed by atoms with Gasteiger partial charge in [0.1, 0.15) is 11.4 Å². The number of nitro groups is 1. The molecule has 1 amide bonds. The second-order valence-corrected chi connectivity index (χ2v) is 4.83. The average molecular weight is 309 g/mol. The van der Waals surface area contributed by atoms with Crippen molar-refractivity contribution in [2.45, 2.75) is 6.92 Å². The van der Waals surface area contributed by atoms with Crippen molar-refractivity contribution < 1.29 is 14.1 Å². The van der Waals surface area contributed by atoms with Crippen LogP contribution in [0.15, 0.2) is 36.4 Å². The molecular formula is C14H10ClFN2O3. The lowest BCUT2D eigenvalue weighted by molar-refractivity contribution is -0.385. The lowest BCUT2D eigenvalue weighted by atomic mass is 10.1. The van der Waals surface area contributed by atoms with Crippen LogP contribution >= 0.6 is 11.6 Å². The van der Waals surface area contributed by atoms with Crippen molar-refractivity contribution in [3.05, 3.63) is 68.5 Å². The molecule has 0 radical (unpaired) electrons. The molecule has 108 valence electrons. The van der Waals surface area contributed by atoms with Gasteiger partial charge in [-0.2, -0.15) is 0 Å². The van der Waals surface area contributed by atoms with E-state index in [1.54, 1.807) is 13.0 Å². The quantitative estimate of drug-likeness (QED) is 0.689. The molecule has 21 heavy (non-hydrogen) atoms. The predicted octanol–water partition coefficient (Wildman–Crippen LogP) is 3.95. The maximum atomic E-state index is 13.3. The number of aryl methyl sites for hydroxylation is 1. The Labute approximate surface area is 124 Å². The Morgan fingerprint density at radius 2 is 2.00 bits per heavy atom. The highest BCUT2D eigenvalue weighted by Crippen LogP contribution is 2.24. The first-order chi connectivity index (χ1) is 9.86. The fourth-order valence-electron chi connectivity index (χ4n) is 1.86. The molecule has 0 saturated heterocycles. The fourth-order valence-corrected chi connectivity index (χ4v) is 2.03. The van der Waals surface area contributed by atoms with Gasteiger partial charge in [0.15, 0.2) is 0 Å². The molecule has 5 nitrogen and oxygen atoms in total. The Bertz CT molecular complexity index is 714. The number of carbonyl (C=O) groups is 1. The van der Waals surface area contributed by atoms with Gasteiger partial charge in [-0.15, -0.1) is 0 Å². The Hall–Kier alpha value is -2.47. The van der Waals surface area contributed by atoms with Gasteiger partial charge in [-0.3, -0.25) is 14.9 Å². The molecule has 7 heteroatoms. The summed E-state index contributed by atoms with van der Waals surface area (Å²) in [7, 11) is 0. The number of carbonyl (C=O) groups excluding carboxylic acids is 1. The molecule has 2 aromatic rings. The molecule has 0 aliphatic rings. The van der Waals surface area contributed by atoms with E-state index in [1.165, 1.54) is 18.2 Å². The van der Waals surface area contributed by atoms with Crippen LogP contribution in [0.3, 0.4) is 0 Å². The lowest BCUT2D eigenvalue weighted by Gasteiger charge is -2.07. The minimum atomic E-state index is -0.728. The van der Waals surface area contributed by atoms with Crippen LogP contribution in [0.25, 0.3) is 0 Å². The highest BCUT2D eigenvalue weighted by atomic mass is 35.5. The highest BCUT2D eigenvalue weighted by molar-refractivity contribution is 6.31. The van der Waals surface area contributed by atoms with Crippen LogP contribution in [0, 0.1) is 22.9 Å². The Morgan fingerprint density at radius 1 is 1.29 bits per heavy atom. The minimum absolute atomic E-state index is 0.186. The van der Waals surface area contributed by atoms with Gasteiger partial charge in [0.2, 0.25) is 0 Å². The van der Waals surface area contributed by atoms with Crippen molar-refractivity contribution >= 4 is 28.9 Å². The maximum Gasteiger partial charge on any atom is 0.282 e. The third kappa shape index (κ3) is 3.55. The summed E-state index contributed by atoms with van der Waals surface area (Å²) in [6.07, 6.45) is 0. The van der Waals surface area contributed by atoms with E-state index in [9.17, 15) is 19.3 Å². The summed E-state index contributed by atoms with van der Waals surface area (Å²) in [4.78, 5) is 22.4. The van der Waals surface area contributed by atoms with Gasteiger partial charge >= 0.3 is 0 Å². The van der Waals surface area contributed by atoms with Crippen LogP contribution in [0.1, 0.15) is 15.9 Å². The molecule has 0 saturated carbocycles. The van der Waals surface area contributed by atoms with Crippen molar-refractivity contribution in [2.24, 2.45) is 0 Å².